The van der Waals surface area contributed by atoms with Crippen molar-refractivity contribution in [1.29, 1.82) is 0 Å². The Morgan fingerprint density at radius 1 is 0.846 bits per heavy atom. The van der Waals surface area contributed by atoms with Gasteiger partial charge in [-0.15, -0.1) is 0 Å². The second-order valence-corrected chi connectivity index (χ2v) is 2.91. The van der Waals surface area contributed by atoms with Crippen LogP contribution in [0.5, 0.6) is 0 Å². The summed E-state index contributed by atoms with van der Waals surface area (Å²) in [6.07, 6.45) is 0.750. The molecule has 0 bridgehead atoms. The third-order valence-electron chi connectivity index (χ3n) is 0. The van der Waals surface area contributed by atoms with Crippen LogP contribution in [0, 0.1) is 26.2 Å². The first-order valence-electron chi connectivity index (χ1n) is 4.85. The van der Waals surface area contributed by atoms with Gasteiger partial charge in [0, 0.05) is 0 Å². The Bertz CT molecular complexity index is 28.9. The fourth-order valence-corrected chi connectivity index (χ4v) is 0. The van der Waals surface area contributed by atoms with E-state index >= 15 is 0 Å². The van der Waals surface area contributed by atoms with Crippen LogP contribution < -0.4 is 0 Å². The zero-order valence-corrected chi connectivity index (χ0v) is 13.7. The van der Waals surface area contributed by atoms with E-state index in [-0.39, 0.29) is 38.1 Å². The summed E-state index contributed by atoms with van der Waals surface area (Å²) >= 11 is 0. The maximum atomic E-state index is 3.77. The van der Waals surface area contributed by atoms with E-state index in [0.29, 0.717) is 0 Å². The van der Waals surface area contributed by atoms with Crippen molar-refractivity contribution in [2.75, 3.05) is 0 Å². The molecule has 0 heterocycles. The fraction of sp³-hybridized carbons (Fsp3) is 0.750. The van der Waals surface area contributed by atoms with E-state index in [2.05, 4.69) is 41.5 Å². The summed E-state index contributed by atoms with van der Waals surface area (Å²) in [6, 6.07) is 0. The molecule has 0 saturated heterocycles. The summed E-state index contributed by atoms with van der Waals surface area (Å²) < 4.78 is 0. The molecule has 0 radical (unpaired) electrons. The minimum absolute atomic E-state index is 0. The Labute approximate surface area is 113 Å². The quantitative estimate of drug-likeness (QED) is 0.541. The summed E-state index contributed by atoms with van der Waals surface area (Å²) in [6.45, 7) is 24.8. The SMILES string of the molecule is CC.CC.[CH2-]C(C)(C)C.[CH2-]C[CH2-].[Y+3]. The van der Waals surface area contributed by atoms with Gasteiger partial charge in [-0.3, -0.25) is 0 Å². The molecule has 80 valence electrons. The summed E-state index contributed by atoms with van der Waals surface area (Å²) in [5, 5.41) is 0. The molecule has 0 aromatic carbocycles. The van der Waals surface area contributed by atoms with Gasteiger partial charge >= 0.3 is 32.7 Å². The molecule has 0 aliphatic carbocycles. The zero-order valence-electron chi connectivity index (χ0n) is 10.9. The van der Waals surface area contributed by atoms with Crippen LogP contribution in [0.4, 0.5) is 0 Å². The molecule has 0 saturated carbocycles. The van der Waals surface area contributed by atoms with Crippen LogP contribution in [-0.2, 0) is 32.7 Å². The van der Waals surface area contributed by atoms with Crippen LogP contribution in [0.25, 0.3) is 0 Å². The first-order valence-corrected chi connectivity index (χ1v) is 4.85. The van der Waals surface area contributed by atoms with Crippen LogP contribution in [-0.4, -0.2) is 0 Å². The van der Waals surface area contributed by atoms with Gasteiger partial charge in [0.2, 0.25) is 0 Å². The molecule has 0 aliphatic heterocycles. The van der Waals surface area contributed by atoms with Crippen molar-refractivity contribution >= 4 is 0 Å². The van der Waals surface area contributed by atoms with Gasteiger partial charge in [-0.1, -0.05) is 48.5 Å². The summed E-state index contributed by atoms with van der Waals surface area (Å²) in [5.41, 5.74) is 0.250. The molecule has 0 unspecified atom stereocenters. The smallest absolute Gasteiger partial charge is 0.372 e. The van der Waals surface area contributed by atoms with Crippen molar-refractivity contribution in [2.24, 2.45) is 5.41 Å². The fourth-order valence-electron chi connectivity index (χ4n) is 0. The third-order valence-corrected chi connectivity index (χ3v) is 0. The Kier molecular flexibility index (Phi) is 65.7. The van der Waals surface area contributed by atoms with Gasteiger partial charge in [0.15, 0.2) is 0 Å². The monoisotopic (exact) mass is 262 g/mol. The minimum Gasteiger partial charge on any atom is -0.372 e. The Hall–Kier alpha value is 1.10. The molecule has 0 amide bonds. The molecule has 0 aliphatic rings. The average Bonchev–Trinajstić information content (AvgIpc) is 1.93. The molecular weight excluding hydrogens is 233 g/mol. The van der Waals surface area contributed by atoms with E-state index in [1.807, 2.05) is 27.7 Å². The van der Waals surface area contributed by atoms with Crippen LogP contribution >= 0.6 is 0 Å². The second kappa shape index (κ2) is 29.2. The van der Waals surface area contributed by atoms with Gasteiger partial charge in [0.05, 0.1) is 0 Å². The normalized spacial score (nSPS) is 6.92. The average molecular weight is 262 g/mol. The Morgan fingerprint density at radius 2 is 0.846 bits per heavy atom. The molecule has 0 fully saturated rings. The molecule has 13 heavy (non-hydrogen) atoms. The molecule has 0 aromatic heterocycles. The molecule has 0 spiro atoms. The van der Waals surface area contributed by atoms with Crippen molar-refractivity contribution < 1.29 is 32.7 Å². The first-order chi connectivity index (χ1) is 5.41. The minimum atomic E-state index is 0. The molecule has 1 heteroatoms. The van der Waals surface area contributed by atoms with Gasteiger partial charge in [-0.05, 0) is 0 Å². The van der Waals surface area contributed by atoms with Gasteiger partial charge in [-0.25, -0.2) is 0 Å². The topological polar surface area (TPSA) is 0 Å². The van der Waals surface area contributed by atoms with Gasteiger partial charge in [0.25, 0.3) is 0 Å². The van der Waals surface area contributed by atoms with Crippen molar-refractivity contribution in [2.45, 2.75) is 54.9 Å². The van der Waals surface area contributed by atoms with E-state index in [1.54, 1.807) is 0 Å². The van der Waals surface area contributed by atoms with Crippen LogP contribution in [0.15, 0.2) is 0 Å². The first kappa shape index (κ1) is 29.2. The van der Waals surface area contributed by atoms with Crippen molar-refractivity contribution in [3.05, 3.63) is 20.8 Å². The van der Waals surface area contributed by atoms with Crippen molar-refractivity contribution in [1.82, 2.24) is 0 Å². The number of rotatable bonds is 0. The Morgan fingerprint density at radius 3 is 0.846 bits per heavy atom. The van der Waals surface area contributed by atoms with Gasteiger partial charge in [0.1, 0.15) is 0 Å². The zero-order chi connectivity index (χ0) is 11.2. The summed E-state index contributed by atoms with van der Waals surface area (Å²) in [5.74, 6) is 0. The van der Waals surface area contributed by atoms with E-state index in [4.69, 9.17) is 0 Å². The van der Waals surface area contributed by atoms with Gasteiger partial charge in [-0.2, -0.15) is 5.41 Å². The van der Waals surface area contributed by atoms with Crippen LogP contribution in [0.1, 0.15) is 54.9 Å². The molecule has 0 nitrogen and oxygen atoms in total. The Balaban J connectivity index is -0.0000000235. The molecule has 0 rings (SSSR count). The molecule has 0 atom stereocenters. The predicted molar refractivity (Wildman–Crippen MR) is 62.8 cm³/mol. The van der Waals surface area contributed by atoms with Crippen molar-refractivity contribution in [3.63, 3.8) is 0 Å². The van der Waals surface area contributed by atoms with E-state index in [0.717, 1.165) is 6.42 Å². The summed E-state index contributed by atoms with van der Waals surface area (Å²) in [4.78, 5) is 0. The summed E-state index contributed by atoms with van der Waals surface area (Å²) in [7, 11) is 0. The predicted octanol–water partition coefficient (Wildman–Crippen LogP) is 4.96. The van der Waals surface area contributed by atoms with Crippen molar-refractivity contribution in [3.8, 4) is 0 Å². The standard InChI is InChI=1S/C5H11.C3H6.2C2H6.Y/c1-5(2,3)4;1-3-2;2*1-2;/h1H2,2-4H3;1-3H2;2*1-2H3;/q-1;-2;;;+3. The van der Waals surface area contributed by atoms with Crippen LogP contribution in [0.3, 0.4) is 0 Å². The molecular formula is C12H29Y. The second-order valence-electron chi connectivity index (χ2n) is 2.91. The maximum absolute atomic E-state index is 3.77. The van der Waals surface area contributed by atoms with E-state index < -0.39 is 0 Å². The van der Waals surface area contributed by atoms with Gasteiger partial charge < -0.3 is 27.2 Å². The van der Waals surface area contributed by atoms with Crippen LogP contribution in [0.2, 0.25) is 0 Å². The molecule has 0 aromatic rings. The number of hydrogen-bond acceptors (Lipinski definition) is 0. The maximum Gasteiger partial charge on any atom is 3.00 e. The largest absolute Gasteiger partial charge is 3.00 e. The third kappa shape index (κ3) is 1330. The van der Waals surface area contributed by atoms with E-state index in [9.17, 15) is 0 Å². The molecule has 0 N–H and O–H groups in total. The van der Waals surface area contributed by atoms with E-state index in [1.165, 1.54) is 0 Å². The number of hydrogen-bond donors (Lipinski definition) is 0.